The lowest BCUT2D eigenvalue weighted by atomic mass is 9.46. The molecule has 1 aromatic rings. The van der Waals surface area contributed by atoms with Gasteiger partial charge in [0.15, 0.2) is 0 Å². The predicted molar refractivity (Wildman–Crippen MR) is 97.6 cm³/mol. The van der Waals surface area contributed by atoms with E-state index in [0.29, 0.717) is 19.3 Å². The molecule has 7 heteroatoms. The number of urea groups is 1. The summed E-state index contributed by atoms with van der Waals surface area (Å²) in [4.78, 5) is 26.8. The summed E-state index contributed by atoms with van der Waals surface area (Å²) in [5.41, 5.74) is -0.195. The van der Waals surface area contributed by atoms with Crippen LogP contribution in [0.3, 0.4) is 0 Å². The highest BCUT2D eigenvalue weighted by molar-refractivity contribution is 6.07. The van der Waals surface area contributed by atoms with Crippen LogP contribution in [-0.2, 0) is 16.6 Å². The summed E-state index contributed by atoms with van der Waals surface area (Å²) in [5, 5.41) is 17.3. The molecule has 7 nitrogen and oxygen atoms in total. The first kappa shape index (κ1) is 17.0. The standard InChI is InChI=1S/C20H25N3O4/c1-23-8-7-18-11-19(16(24)21-17(25)22-19)5-6-20(18,26)15(23)9-12-3-4-13(27-2)10-14(12)18/h3-4,10,15,26H,5-9,11H2,1-2H3,(H2,21,22,24,25)/t15-,18?,19+,20-/m1/s1. The maximum Gasteiger partial charge on any atom is 0.322 e. The number of amides is 3. The van der Waals surface area contributed by atoms with E-state index < -0.39 is 22.6 Å². The van der Waals surface area contributed by atoms with E-state index in [1.807, 2.05) is 12.1 Å². The molecule has 3 fully saturated rings. The van der Waals surface area contributed by atoms with Crippen molar-refractivity contribution in [1.29, 1.82) is 0 Å². The van der Waals surface area contributed by atoms with Crippen LogP contribution in [0, 0.1) is 0 Å². The lowest BCUT2D eigenvalue weighted by Crippen LogP contribution is -2.75. The van der Waals surface area contributed by atoms with E-state index in [1.54, 1.807) is 7.11 Å². The number of carbonyl (C=O) groups is 2. The van der Waals surface area contributed by atoms with Crippen LogP contribution in [0.4, 0.5) is 4.79 Å². The second kappa shape index (κ2) is 5.23. The number of likely N-dealkylation sites (tertiary alicyclic amines) is 1. The number of methoxy groups -OCH3 is 1. The van der Waals surface area contributed by atoms with Crippen LogP contribution in [0.5, 0.6) is 5.75 Å². The minimum atomic E-state index is -0.943. The van der Waals surface area contributed by atoms with Crippen molar-refractivity contribution in [2.75, 3.05) is 20.7 Å². The van der Waals surface area contributed by atoms with E-state index in [9.17, 15) is 14.7 Å². The quantitative estimate of drug-likeness (QED) is 0.632. The van der Waals surface area contributed by atoms with Gasteiger partial charge in [-0.25, -0.2) is 4.79 Å². The molecule has 2 aliphatic heterocycles. The Kier molecular flexibility index (Phi) is 3.30. The molecule has 5 rings (SSSR count). The number of hydrogen-bond donors (Lipinski definition) is 3. The summed E-state index contributed by atoms with van der Waals surface area (Å²) < 4.78 is 5.46. The Hall–Kier alpha value is -2.12. The molecule has 1 unspecified atom stereocenters. The van der Waals surface area contributed by atoms with Crippen molar-refractivity contribution in [3.63, 3.8) is 0 Å². The lowest BCUT2D eigenvalue weighted by molar-refractivity contribution is -0.175. The fraction of sp³-hybridized carbons (Fsp3) is 0.600. The molecule has 2 heterocycles. The zero-order chi connectivity index (χ0) is 19.0. The zero-order valence-corrected chi connectivity index (χ0v) is 15.7. The molecule has 3 amide bonds. The minimum Gasteiger partial charge on any atom is -0.497 e. The number of ether oxygens (including phenoxy) is 1. The SMILES string of the molecule is COc1ccc2c(c1)C13CCN(C)[C@H](C2)[C@]1(O)CC[C@@]1(C3)NC(=O)NC1=O. The van der Waals surface area contributed by atoms with Gasteiger partial charge in [-0.15, -0.1) is 0 Å². The third-order valence-corrected chi connectivity index (χ3v) is 7.60. The van der Waals surface area contributed by atoms with Crippen LogP contribution in [0.2, 0.25) is 0 Å². The van der Waals surface area contributed by atoms with E-state index in [1.165, 1.54) is 5.56 Å². The number of hydrogen-bond acceptors (Lipinski definition) is 5. The number of aliphatic hydroxyl groups is 1. The van der Waals surface area contributed by atoms with Gasteiger partial charge >= 0.3 is 6.03 Å². The van der Waals surface area contributed by atoms with Gasteiger partial charge in [-0.05, 0) is 69.0 Å². The Labute approximate surface area is 158 Å². The van der Waals surface area contributed by atoms with Crippen LogP contribution in [0.15, 0.2) is 18.2 Å². The van der Waals surface area contributed by atoms with Crippen molar-refractivity contribution in [2.45, 2.75) is 54.7 Å². The molecule has 1 saturated carbocycles. The Bertz CT molecular complexity index is 858. The minimum absolute atomic E-state index is 0.00432. The molecule has 144 valence electrons. The van der Waals surface area contributed by atoms with Crippen molar-refractivity contribution < 1.29 is 19.4 Å². The second-order valence-electron chi connectivity index (χ2n) is 8.65. The average Bonchev–Trinajstić information content (AvgIpc) is 2.91. The summed E-state index contributed by atoms with van der Waals surface area (Å²) in [6.07, 6.45) is 2.86. The van der Waals surface area contributed by atoms with Gasteiger partial charge < -0.3 is 20.1 Å². The van der Waals surface area contributed by atoms with Gasteiger partial charge in [-0.3, -0.25) is 10.1 Å². The lowest BCUT2D eigenvalue weighted by Gasteiger charge is -2.65. The summed E-state index contributed by atoms with van der Waals surface area (Å²) in [5.74, 6) is 0.483. The molecule has 0 aromatic heterocycles. The fourth-order valence-electron chi connectivity index (χ4n) is 6.21. The fourth-order valence-corrected chi connectivity index (χ4v) is 6.21. The molecule has 27 heavy (non-hydrogen) atoms. The van der Waals surface area contributed by atoms with Gasteiger partial charge in [0.25, 0.3) is 5.91 Å². The van der Waals surface area contributed by atoms with Crippen molar-refractivity contribution >= 4 is 11.9 Å². The number of likely N-dealkylation sites (N-methyl/N-ethyl adjacent to an activating group) is 1. The maximum absolute atomic E-state index is 12.7. The molecule has 1 aromatic carbocycles. The molecule has 2 bridgehead atoms. The first-order chi connectivity index (χ1) is 12.8. The van der Waals surface area contributed by atoms with E-state index in [0.717, 1.165) is 30.7 Å². The van der Waals surface area contributed by atoms with Gasteiger partial charge in [0.05, 0.1) is 12.7 Å². The van der Waals surface area contributed by atoms with E-state index in [2.05, 4.69) is 28.6 Å². The number of carbonyl (C=O) groups excluding carboxylic acids is 2. The van der Waals surface area contributed by atoms with Crippen LogP contribution in [0.25, 0.3) is 0 Å². The monoisotopic (exact) mass is 371 g/mol. The average molecular weight is 371 g/mol. The summed E-state index contributed by atoms with van der Waals surface area (Å²) in [7, 11) is 3.70. The third-order valence-electron chi connectivity index (χ3n) is 7.60. The topological polar surface area (TPSA) is 90.9 Å². The normalized spacial score (nSPS) is 40.2. The highest BCUT2D eigenvalue weighted by Gasteiger charge is 2.69. The largest absolute Gasteiger partial charge is 0.497 e. The third kappa shape index (κ3) is 1.99. The molecule has 2 aliphatic carbocycles. The molecular weight excluding hydrogens is 346 g/mol. The predicted octanol–water partition coefficient (Wildman–Crippen LogP) is 0.686. The van der Waals surface area contributed by atoms with Crippen molar-refractivity contribution in [3.8, 4) is 5.75 Å². The number of imide groups is 1. The van der Waals surface area contributed by atoms with Gasteiger partial charge in [-0.1, -0.05) is 6.07 Å². The van der Waals surface area contributed by atoms with Crippen molar-refractivity contribution in [1.82, 2.24) is 15.5 Å². The number of nitrogens with zero attached hydrogens (tertiary/aromatic N) is 1. The Balaban J connectivity index is 1.71. The molecule has 3 N–H and O–H groups in total. The first-order valence-electron chi connectivity index (χ1n) is 9.57. The van der Waals surface area contributed by atoms with Gasteiger partial charge in [-0.2, -0.15) is 0 Å². The highest BCUT2D eigenvalue weighted by atomic mass is 16.5. The zero-order valence-electron chi connectivity index (χ0n) is 15.7. The molecule has 4 aliphatic rings. The number of fused-ring (bicyclic) bond motifs is 1. The molecule has 4 atom stereocenters. The van der Waals surface area contributed by atoms with E-state index in [4.69, 9.17) is 4.74 Å². The summed E-state index contributed by atoms with van der Waals surface area (Å²) in [6, 6.07) is 5.63. The Morgan fingerprint density at radius 3 is 2.78 bits per heavy atom. The highest BCUT2D eigenvalue weighted by Crippen LogP contribution is 2.60. The van der Waals surface area contributed by atoms with Gasteiger partial charge in [0, 0.05) is 11.5 Å². The smallest absolute Gasteiger partial charge is 0.322 e. The van der Waals surface area contributed by atoms with E-state index >= 15 is 0 Å². The Morgan fingerprint density at radius 2 is 2.07 bits per heavy atom. The second-order valence-corrected chi connectivity index (χ2v) is 8.65. The van der Waals surface area contributed by atoms with Gasteiger partial charge in [0.1, 0.15) is 11.3 Å². The van der Waals surface area contributed by atoms with Gasteiger partial charge in [0.2, 0.25) is 0 Å². The number of rotatable bonds is 1. The van der Waals surface area contributed by atoms with Crippen LogP contribution in [-0.4, -0.2) is 59.8 Å². The van der Waals surface area contributed by atoms with E-state index in [-0.39, 0.29) is 11.9 Å². The molecular formula is C20H25N3O4. The van der Waals surface area contributed by atoms with Crippen LogP contribution < -0.4 is 15.4 Å². The summed E-state index contributed by atoms with van der Waals surface area (Å²) in [6.45, 7) is 0.843. The molecule has 1 spiro atoms. The Morgan fingerprint density at radius 1 is 1.26 bits per heavy atom. The van der Waals surface area contributed by atoms with Crippen LogP contribution >= 0.6 is 0 Å². The van der Waals surface area contributed by atoms with Crippen molar-refractivity contribution in [3.05, 3.63) is 29.3 Å². The van der Waals surface area contributed by atoms with Crippen LogP contribution in [0.1, 0.15) is 36.8 Å². The maximum atomic E-state index is 12.7. The van der Waals surface area contributed by atoms with Crippen molar-refractivity contribution in [2.24, 2.45) is 0 Å². The number of nitrogens with one attached hydrogen (secondary N) is 2. The number of benzene rings is 1. The molecule has 2 saturated heterocycles. The summed E-state index contributed by atoms with van der Waals surface area (Å²) >= 11 is 0. The molecule has 0 radical (unpaired) electrons. The number of piperidine rings is 1. The first-order valence-corrected chi connectivity index (χ1v) is 9.57.